The van der Waals surface area contributed by atoms with Gasteiger partial charge < -0.3 is 14.4 Å². The molecule has 0 unspecified atom stereocenters. The molecule has 0 fully saturated rings. The number of ketones is 1. The number of carbonyl (C=O) groups excluding carboxylic acids is 3. The van der Waals surface area contributed by atoms with Crippen LogP contribution >= 0.6 is 0 Å². The molecule has 0 saturated heterocycles. The van der Waals surface area contributed by atoms with Crippen LogP contribution in [0.1, 0.15) is 36.2 Å². The first-order valence-corrected chi connectivity index (χ1v) is 9.34. The molecular weight excluding hydrogens is 358 g/mol. The first-order chi connectivity index (χ1) is 13.5. The molecule has 1 aliphatic rings. The SMILES string of the molecule is CCc1ccc(C(=O)[C@H](C)OC(=O)CCN2C(=O)COc3ccccc32)cc1. The van der Waals surface area contributed by atoms with Crippen molar-refractivity contribution in [1.29, 1.82) is 0 Å². The maximum atomic E-state index is 12.4. The van der Waals surface area contributed by atoms with Crippen LogP contribution in [0.5, 0.6) is 5.75 Å². The molecule has 0 saturated carbocycles. The van der Waals surface area contributed by atoms with Crippen molar-refractivity contribution in [3.63, 3.8) is 0 Å². The Balaban J connectivity index is 1.56. The van der Waals surface area contributed by atoms with Crippen LogP contribution in [0.3, 0.4) is 0 Å². The Hall–Kier alpha value is -3.15. The lowest BCUT2D eigenvalue weighted by atomic mass is 10.0. The lowest BCUT2D eigenvalue weighted by Crippen LogP contribution is -2.40. The molecule has 1 amide bonds. The summed E-state index contributed by atoms with van der Waals surface area (Å²) >= 11 is 0. The third kappa shape index (κ3) is 4.39. The lowest BCUT2D eigenvalue weighted by molar-refractivity contribution is -0.146. The standard InChI is InChI=1S/C22H23NO5/c1-3-16-8-10-17(11-9-16)22(26)15(2)28-21(25)12-13-23-18-6-4-5-7-19(18)27-14-20(23)24/h4-11,15H,3,12-14H2,1-2H3/t15-/m0/s1. The summed E-state index contributed by atoms with van der Waals surface area (Å²) < 4.78 is 10.7. The molecular formula is C22H23NO5. The van der Waals surface area contributed by atoms with Crippen LogP contribution in [0.2, 0.25) is 0 Å². The topological polar surface area (TPSA) is 72.9 Å². The number of amides is 1. The van der Waals surface area contributed by atoms with Crippen LogP contribution < -0.4 is 9.64 Å². The normalized spacial score (nSPS) is 14.1. The number of benzene rings is 2. The average Bonchev–Trinajstić information content (AvgIpc) is 2.72. The molecule has 28 heavy (non-hydrogen) atoms. The molecule has 3 rings (SSSR count). The first kappa shape index (κ1) is 19.6. The van der Waals surface area contributed by atoms with Crippen LogP contribution in [-0.2, 0) is 20.7 Å². The number of rotatable bonds is 7. The van der Waals surface area contributed by atoms with Crippen LogP contribution in [0.4, 0.5) is 5.69 Å². The van der Waals surface area contributed by atoms with E-state index in [1.165, 1.54) is 4.90 Å². The summed E-state index contributed by atoms with van der Waals surface area (Å²) in [4.78, 5) is 38.3. The molecule has 146 valence electrons. The number of Topliss-reactive ketones (excluding diaryl/α,β-unsaturated/α-hetero) is 1. The van der Waals surface area contributed by atoms with Gasteiger partial charge in [-0.2, -0.15) is 0 Å². The fourth-order valence-corrected chi connectivity index (χ4v) is 3.05. The molecule has 0 bridgehead atoms. The van der Waals surface area contributed by atoms with Crippen molar-refractivity contribution in [3.8, 4) is 5.75 Å². The third-order valence-electron chi connectivity index (χ3n) is 4.67. The quantitative estimate of drug-likeness (QED) is 0.544. The molecule has 2 aromatic carbocycles. The highest BCUT2D eigenvalue weighted by Crippen LogP contribution is 2.31. The van der Waals surface area contributed by atoms with E-state index < -0.39 is 12.1 Å². The summed E-state index contributed by atoms with van der Waals surface area (Å²) in [7, 11) is 0. The Morgan fingerprint density at radius 3 is 2.57 bits per heavy atom. The van der Waals surface area contributed by atoms with Gasteiger partial charge in [-0.05, 0) is 31.0 Å². The maximum Gasteiger partial charge on any atom is 0.308 e. The predicted molar refractivity (Wildman–Crippen MR) is 105 cm³/mol. The van der Waals surface area contributed by atoms with Crippen molar-refractivity contribution in [3.05, 3.63) is 59.7 Å². The molecule has 1 aliphatic heterocycles. The summed E-state index contributed by atoms with van der Waals surface area (Å²) in [5.74, 6) is -0.382. The Labute approximate surface area is 164 Å². The number of fused-ring (bicyclic) bond motifs is 1. The van der Waals surface area contributed by atoms with Gasteiger partial charge in [-0.1, -0.05) is 43.3 Å². The van der Waals surface area contributed by atoms with Crippen molar-refractivity contribution in [2.24, 2.45) is 0 Å². The number of nitrogens with zero attached hydrogens (tertiary/aromatic N) is 1. The van der Waals surface area contributed by atoms with Crippen LogP contribution in [0.15, 0.2) is 48.5 Å². The van der Waals surface area contributed by atoms with E-state index in [2.05, 4.69) is 0 Å². The minimum atomic E-state index is -0.882. The van der Waals surface area contributed by atoms with Gasteiger partial charge >= 0.3 is 5.97 Å². The van der Waals surface area contributed by atoms with Crippen molar-refractivity contribution in [2.45, 2.75) is 32.8 Å². The maximum absolute atomic E-state index is 12.4. The summed E-state index contributed by atoms with van der Waals surface area (Å²) in [5, 5.41) is 0. The summed E-state index contributed by atoms with van der Waals surface area (Å²) in [6.45, 7) is 3.71. The number of para-hydroxylation sites is 2. The number of esters is 1. The molecule has 0 aliphatic carbocycles. The number of carbonyl (C=O) groups is 3. The van der Waals surface area contributed by atoms with E-state index in [0.29, 0.717) is 17.0 Å². The smallest absolute Gasteiger partial charge is 0.308 e. The van der Waals surface area contributed by atoms with E-state index in [1.807, 2.05) is 25.1 Å². The summed E-state index contributed by atoms with van der Waals surface area (Å²) in [5.41, 5.74) is 2.28. The highest BCUT2D eigenvalue weighted by atomic mass is 16.5. The molecule has 1 heterocycles. The third-order valence-corrected chi connectivity index (χ3v) is 4.67. The number of ether oxygens (including phenoxy) is 2. The van der Waals surface area contributed by atoms with Crippen molar-refractivity contribution in [1.82, 2.24) is 0 Å². The number of anilines is 1. The van der Waals surface area contributed by atoms with Crippen LogP contribution in [0, 0.1) is 0 Å². The van der Waals surface area contributed by atoms with Gasteiger partial charge in [0, 0.05) is 12.1 Å². The largest absolute Gasteiger partial charge is 0.482 e. The molecule has 0 N–H and O–H groups in total. The van der Waals surface area contributed by atoms with Crippen LogP contribution in [-0.4, -0.2) is 36.9 Å². The summed E-state index contributed by atoms with van der Waals surface area (Å²) in [6.07, 6.45) is 0.00199. The second kappa shape index (κ2) is 8.69. The van der Waals surface area contributed by atoms with Crippen LogP contribution in [0.25, 0.3) is 0 Å². The van der Waals surface area contributed by atoms with Gasteiger partial charge in [-0.15, -0.1) is 0 Å². The second-order valence-corrected chi connectivity index (χ2v) is 6.60. The monoisotopic (exact) mass is 381 g/mol. The van der Waals surface area contributed by atoms with Crippen molar-refractivity contribution >= 4 is 23.3 Å². The van der Waals surface area contributed by atoms with Crippen molar-refractivity contribution in [2.75, 3.05) is 18.1 Å². The lowest BCUT2D eigenvalue weighted by Gasteiger charge is -2.29. The van der Waals surface area contributed by atoms with E-state index in [0.717, 1.165) is 12.0 Å². The van der Waals surface area contributed by atoms with E-state index in [9.17, 15) is 14.4 Å². The molecule has 6 heteroatoms. The summed E-state index contributed by atoms with van der Waals surface area (Å²) in [6, 6.07) is 14.4. The zero-order valence-electron chi connectivity index (χ0n) is 16.0. The molecule has 0 radical (unpaired) electrons. The Morgan fingerprint density at radius 2 is 1.86 bits per heavy atom. The zero-order chi connectivity index (χ0) is 20.1. The number of hydrogen-bond acceptors (Lipinski definition) is 5. The van der Waals surface area contributed by atoms with Gasteiger partial charge in [-0.3, -0.25) is 14.4 Å². The fraction of sp³-hybridized carbons (Fsp3) is 0.318. The highest BCUT2D eigenvalue weighted by Gasteiger charge is 2.26. The predicted octanol–water partition coefficient (Wildman–Crippen LogP) is 3.18. The highest BCUT2D eigenvalue weighted by molar-refractivity contribution is 6.00. The van der Waals surface area contributed by atoms with E-state index >= 15 is 0 Å². The molecule has 6 nitrogen and oxygen atoms in total. The first-order valence-electron chi connectivity index (χ1n) is 9.34. The van der Waals surface area contributed by atoms with E-state index in [4.69, 9.17) is 9.47 Å². The van der Waals surface area contributed by atoms with Gasteiger partial charge in [0.25, 0.3) is 5.91 Å². The van der Waals surface area contributed by atoms with E-state index in [1.54, 1.807) is 37.3 Å². The number of hydrogen-bond donors (Lipinski definition) is 0. The van der Waals surface area contributed by atoms with Gasteiger partial charge in [0.15, 0.2) is 12.7 Å². The Morgan fingerprint density at radius 1 is 1.14 bits per heavy atom. The molecule has 0 aromatic heterocycles. The molecule has 0 spiro atoms. The van der Waals surface area contributed by atoms with E-state index in [-0.39, 0.29) is 31.3 Å². The Kier molecular flexibility index (Phi) is 6.09. The minimum absolute atomic E-state index is 0.00747. The van der Waals surface area contributed by atoms with Gasteiger partial charge in [0.05, 0.1) is 12.1 Å². The van der Waals surface area contributed by atoms with Crippen molar-refractivity contribution < 1.29 is 23.9 Å². The molecule has 2 aromatic rings. The Bertz CT molecular complexity index is 875. The van der Waals surface area contributed by atoms with Gasteiger partial charge in [-0.25, -0.2) is 0 Å². The minimum Gasteiger partial charge on any atom is -0.482 e. The second-order valence-electron chi connectivity index (χ2n) is 6.60. The zero-order valence-corrected chi connectivity index (χ0v) is 16.0. The van der Waals surface area contributed by atoms with Gasteiger partial charge in [0.2, 0.25) is 5.78 Å². The molecule has 1 atom stereocenters. The number of aryl methyl sites for hydroxylation is 1. The fourth-order valence-electron chi connectivity index (χ4n) is 3.05. The average molecular weight is 381 g/mol. The van der Waals surface area contributed by atoms with Gasteiger partial charge in [0.1, 0.15) is 5.75 Å².